The zero-order valence-corrected chi connectivity index (χ0v) is 11.2. The van der Waals surface area contributed by atoms with Crippen molar-refractivity contribution in [3.63, 3.8) is 0 Å². The van der Waals surface area contributed by atoms with Gasteiger partial charge in [0.05, 0.1) is 5.03 Å². The lowest BCUT2D eigenvalue weighted by molar-refractivity contribution is 0.779. The summed E-state index contributed by atoms with van der Waals surface area (Å²) in [4.78, 5) is 4.29. The number of nitrogens with one attached hydrogen (secondary N) is 1. The fourth-order valence-electron chi connectivity index (χ4n) is 0.976. The number of thioether (sulfide) groups is 1. The van der Waals surface area contributed by atoms with Gasteiger partial charge in [0.15, 0.2) is 0 Å². The monoisotopic (exact) mass is 286 g/mol. The fourth-order valence-corrected chi connectivity index (χ4v) is 1.96. The van der Waals surface area contributed by atoms with Crippen LogP contribution in [-0.2, 0) is 0 Å². The molecule has 4 heteroatoms. The SMILES string of the molecule is C=C(CNCC)CSc1ccc(Br)cn1. The Hall–Kier alpha value is -0.320. The number of aromatic nitrogens is 1. The van der Waals surface area contributed by atoms with Crippen molar-refractivity contribution in [2.75, 3.05) is 18.8 Å². The summed E-state index contributed by atoms with van der Waals surface area (Å²) in [5, 5.41) is 4.29. The van der Waals surface area contributed by atoms with Gasteiger partial charge in [-0.1, -0.05) is 19.1 Å². The first-order valence-electron chi connectivity index (χ1n) is 4.84. The maximum absolute atomic E-state index is 4.29. The molecule has 0 aromatic carbocycles. The third-order valence-corrected chi connectivity index (χ3v) is 3.31. The molecule has 1 rings (SSSR count). The van der Waals surface area contributed by atoms with Crippen LogP contribution in [0.5, 0.6) is 0 Å². The van der Waals surface area contributed by atoms with Crippen LogP contribution in [0.3, 0.4) is 0 Å². The van der Waals surface area contributed by atoms with Gasteiger partial charge in [-0.2, -0.15) is 0 Å². The van der Waals surface area contributed by atoms with Gasteiger partial charge in [-0.15, -0.1) is 11.8 Å². The Labute approximate surface area is 104 Å². The molecule has 2 nitrogen and oxygen atoms in total. The topological polar surface area (TPSA) is 24.9 Å². The van der Waals surface area contributed by atoms with E-state index in [1.165, 1.54) is 5.57 Å². The van der Waals surface area contributed by atoms with Crippen LogP contribution in [0.15, 0.2) is 40.0 Å². The summed E-state index contributed by atoms with van der Waals surface area (Å²) in [6.07, 6.45) is 1.81. The van der Waals surface area contributed by atoms with Crippen molar-refractivity contribution in [3.8, 4) is 0 Å². The Morgan fingerprint density at radius 1 is 1.60 bits per heavy atom. The summed E-state index contributed by atoms with van der Waals surface area (Å²) >= 11 is 5.08. The lowest BCUT2D eigenvalue weighted by Crippen LogP contribution is -2.16. The summed E-state index contributed by atoms with van der Waals surface area (Å²) < 4.78 is 1.01. The first kappa shape index (κ1) is 12.7. The van der Waals surface area contributed by atoms with Gasteiger partial charge in [-0.05, 0) is 34.6 Å². The van der Waals surface area contributed by atoms with E-state index in [0.717, 1.165) is 28.3 Å². The van der Waals surface area contributed by atoms with Crippen molar-refractivity contribution >= 4 is 27.7 Å². The molecule has 0 aliphatic carbocycles. The van der Waals surface area contributed by atoms with Gasteiger partial charge in [-0.25, -0.2) is 4.98 Å². The van der Waals surface area contributed by atoms with Crippen molar-refractivity contribution in [2.45, 2.75) is 11.9 Å². The molecule has 0 bridgehead atoms. The summed E-state index contributed by atoms with van der Waals surface area (Å²) in [6.45, 7) is 7.97. The van der Waals surface area contributed by atoms with Gasteiger partial charge in [-0.3, -0.25) is 0 Å². The van der Waals surface area contributed by atoms with E-state index in [9.17, 15) is 0 Å². The van der Waals surface area contributed by atoms with Crippen LogP contribution >= 0.6 is 27.7 Å². The van der Waals surface area contributed by atoms with Crippen molar-refractivity contribution < 1.29 is 0 Å². The molecule has 1 heterocycles. The zero-order valence-electron chi connectivity index (χ0n) is 8.79. The van der Waals surface area contributed by atoms with Crippen LogP contribution in [-0.4, -0.2) is 23.8 Å². The molecule has 0 saturated carbocycles. The number of hydrogen-bond donors (Lipinski definition) is 1. The molecule has 1 N–H and O–H groups in total. The van der Waals surface area contributed by atoms with Crippen LogP contribution in [0.25, 0.3) is 0 Å². The predicted molar refractivity (Wildman–Crippen MR) is 70.3 cm³/mol. The maximum Gasteiger partial charge on any atom is 0.0963 e. The highest BCUT2D eigenvalue weighted by molar-refractivity contribution is 9.10. The second-order valence-electron chi connectivity index (χ2n) is 3.13. The molecule has 1 aromatic rings. The van der Waals surface area contributed by atoms with Crippen molar-refractivity contribution in [3.05, 3.63) is 35.0 Å². The summed E-state index contributed by atoms with van der Waals surface area (Å²) in [5.41, 5.74) is 1.20. The normalized spacial score (nSPS) is 10.3. The number of pyridine rings is 1. The van der Waals surface area contributed by atoms with E-state index in [-0.39, 0.29) is 0 Å². The molecule has 0 aliphatic heterocycles. The summed E-state index contributed by atoms with van der Waals surface area (Å²) in [7, 11) is 0. The highest BCUT2D eigenvalue weighted by Crippen LogP contribution is 2.19. The van der Waals surface area contributed by atoms with Crippen LogP contribution < -0.4 is 5.32 Å². The van der Waals surface area contributed by atoms with E-state index in [1.807, 2.05) is 18.3 Å². The molecule has 0 radical (unpaired) electrons. The molecule has 0 saturated heterocycles. The third kappa shape index (κ3) is 5.35. The van der Waals surface area contributed by atoms with Gasteiger partial charge in [0, 0.05) is 23.0 Å². The van der Waals surface area contributed by atoms with Crippen LogP contribution in [0.4, 0.5) is 0 Å². The number of hydrogen-bond acceptors (Lipinski definition) is 3. The standard InChI is InChI=1S/C11H15BrN2S/c1-3-13-6-9(2)8-15-11-5-4-10(12)7-14-11/h4-5,7,13H,2-3,6,8H2,1H3. The molecule has 0 unspecified atom stereocenters. The quantitative estimate of drug-likeness (QED) is 0.643. The average molecular weight is 287 g/mol. The zero-order chi connectivity index (χ0) is 11.1. The second-order valence-corrected chi connectivity index (χ2v) is 5.04. The third-order valence-electron chi connectivity index (χ3n) is 1.75. The lowest BCUT2D eigenvalue weighted by Gasteiger charge is -2.05. The minimum Gasteiger partial charge on any atom is -0.313 e. The van der Waals surface area contributed by atoms with E-state index in [4.69, 9.17) is 0 Å². The molecule has 82 valence electrons. The van der Waals surface area contributed by atoms with Crippen molar-refractivity contribution in [1.29, 1.82) is 0 Å². The first-order chi connectivity index (χ1) is 7.22. The van der Waals surface area contributed by atoms with Crippen molar-refractivity contribution in [1.82, 2.24) is 10.3 Å². The minimum absolute atomic E-state index is 0.889. The smallest absolute Gasteiger partial charge is 0.0963 e. The van der Waals surface area contributed by atoms with E-state index in [1.54, 1.807) is 11.8 Å². The van der Waals surface area contributed by atoms with Crippen molar-refractivity contribution in [2.24, 2.45) is 0 Å². The molecule has 15 heavy (non-hydrogen) atoms. The predicted octanol–water partition coefficient (Wildman–Crippen LogP) is 3.10. The van der Waals surface area contributed by atoms with E-state index in [2.05, 4.69) is 39.7 Å². The molecule has 0 fully saturated rings. The van der Waals surface area contributed by atoms with E-state index >= 15 is 0 Å². The Balaban J connectivity index is 2.30. The minimum atomic E-state index is 0.889. The Morgan fingerprint density at radius 3 is 3.00 bits per heavy atom. The van der Waals surface area contributed by atoms with E-state index < -0.39 is 0 Å². The van der Waals surface area contributed by atoms with Gasteiger partial charge in [0.2, 0.25) is 0 Å². The second kappa shape index (κ2) is 7.04. The van der Waals surface area contributed by atoms with Gasteiger partial charge < -0.3 is 5.32 Å². The Morgan fingerprint density at radius 2 is 2.40 bits per heavy atom. The van der Waals surface area contributed by atoms with Gasteiger partial charge >= 0.3 is 0 Å². The molecule has 1 aromatic heterocycles. The summed E-state index contributed by atoms with van der Waals surface area (Å²) in [6, 6.07) is 4.01. The molecule has 0 amide bonds. The van der Waals surface area contributed by atoms with Crippen LogP contribution in [0, 0.1) is 0 Å². The largest absolute Gasteiger partial charge is 0.313 e. The molecular weight excluding hydrogens is 272 g/mol. The maximum atomic E-state index is 4.29. The Bertz CT molecular complexity index is 311. The highest BCUT2D eigenvalue weighted by Gasteiger charge is 1.98. The first-order valence-corrected chi connectivity index (χ1v) is 6.62. The average Bonchev–Trinajstić information content (AvgIpc) is 2.25. The molecule has 0 spiro atoms. The Kier molecular flexibility index (Phi) is 5.98. The number of likely N-dealkylation sites (N-methyl/N-ethyl adjacent to an activating group) is 1. The van der Waals surface area contributed by atoms with E-state index in [0.29, 0.717) is 0 Å². The van der Waals surface area contributed by atoms with Gasteiger partial charge in [0.1, 0.15) is 0 Å². The lowest BCUT2D eigenvalue weighted by atomic mass is 10.3. The number of rotatable bonds is 6. The highest BCUT2D eigenvalue weighted by atomic mass is 79.9. The number of halogens is 1. The molecule has 0 atom stereocenters. The van der Waals surface area contributed by atoms with Crippen LogP contribution in [0.1, 0.15) is 6.92 Å². The molecular formula is C11H15BrN2S. The number of nitrogens with zero attached hydrogens (tertiary/aromatic N) is 1. The van der Waals surface area contributed by atoms with Gasteiger partial charge in [0.25, 0.3) is 0 Å². The van der Waals surface area contributed by atoms with Crippen LogP contribution in [0.2, 0.25) is 0 Å². The molecule has 0 aliphatic rings. The summed E-state index contributed by atoms with van der Waals surface area (Å²) in [5.74, 6) is 0.918. The fraction of sp³-hybridized carbons (Fsp3) is 0.364.